The molecule has 0 amide bonds. The van der Waals surface area contributed by atoms with Crippen LogP contribution in [-0.4, -0.2) is 9.97 Å². The number of benzene rings is 1. The van der Waals surface area contributed by atoms with Gasteiger partial charge in [-0.2, -0.15) is 0 Å². The summed E-state index contributed by atoms with van der Waals surface area (Å²) >= 11 is 3.41. The molecular formula is C12H12BrN3. The Kier molecular flexibility index (Phi) is 3.64. The van der Waals surface area contributed by atoms with Crippen LogP contribution in [0.5, 0.6) is 0 Å². The Bertz CT molecular complexity index is 468. The molecule has 1 aromatic heterocycles. The largest absolute Gasteiger partial charge is 0.325 e. The molecule has 3 nitrogen and oxygen atoms in total. The zero-order chi connectivity index (χ0) is 11.4. The van der Waals surface area contributed by atoms with Gasteiger partial charge in [-0.1, -0.05) is 28.1 Å². The van der Waals surface area contributed by atoms with Crippen molar-refractivity contribution in [1.29, 1.82) is 0 Å². The molecule has 4 heteroatoms. The molecule has 0 radical (unpaired) electrons. The van der Waals surface area contributed by atoms with Gasteiger partial charge in [-0.3, -0.25) is 0 Å². The molecule has 0 saturated carbocycles. The van der Waals surface area contributed by atoms with Gasteiger partial charge in [0.25, 0.3) is 0 Å². The summed E-state index contributed by atoms with van der Waals surface area (Å²) in [6.07, 6.45) is 2.37. The van der Waals surface area contributed by atoms with Crippen LogP contribution in [-0.2, 0) is 13.0 Å². The lowest BCUT2D eigenvalue weighted by atomic mass is 10.1. The van der Waals surface area contributed by atoms with E-state index in [-0.39, 0.29) is 0 Å². The minimum atomic E-state index is 0.454. The van der Waals surface area contributed by atoms with Gasteiger partial charge in [0.1, 0.15) is 6.33 Å². The van der Waals surface area contributed by atoms with Gasteiger partial charge in [0.2, 0.25) is 0 Å². The maximum Gasteiger partial charge on any atom is 0.115 e. The number of aromatic nitrogens is 2. The first-order valence-corrected chi connectivity index (χ1v) is 5.81. The quantitative estimate of drug-likeness (QED) is 0.937. The molecule has 0 atom stereocenters. The summed E-state index contributed by atoms with van der Waals surface area (Å²) in [5, 5.41) is 0. The lowest BCUT2D eigenvalue weighted by molar-refractivity contribution is 0.928. The summed E-state index contributed by atoms with van der Waals surface area (Å²) in [6.45, 7) is 0.454. The molecule has 0 fully saturated rings. The molecular weight excluding hydrogens is 266 g/mol. The topological polar surface area (TPSA) is 51.8 Å². The van der Waals surface area contributed by atoms with E-state index in [9.17, 15) is 0 Å². The fourth-order valence-electron chi connectivity index (χ4n) is 1.46. The van der Waals surface area contributed by atoms with Crippen molar-refractivity contribution in [1.82, 2.24) is 9.97 Å². The van der Waals surface area contributed by atoms with Gasteiger partial charge < -0.3 is 5.73 Å². The van der Waals surface area contributed by atoms with Gasteiger partial charge in [0.05, 0.1) is 5.69 Å². The fraction of sp³-hybridized carbons (Fsp3) is 0.167. The second-order valence-electron chi connectivity index (χ2n) is 3.51. The van der Waals surface area contributed by atoms with Gasteiger partial charge in [-0.25, -0.2) is 9.97 Å². The molecule has 0 unspecified atom stereocenters. The van der Waals surface area contributed by atoms with Gasteiger partial charge in [-0.15, -0.1) is 0 Å². The van der Waals surface area contributed by atoms with Crippen LogP contribution in [0, 0.1) is 0 Å². The molecule has 82 valence electrons. The Balaban J connectivity index is 2.16. The monoisotopic (exact) mass is 277 g/mol. The first-order chi connectivity index (χ1) is 7.78. The third-order valence-corrected chi connectivity index (χ3v) is 2.82. The van der Waals surface area contributed by atoms with E-state index in [1.54, 1.807) is 6.33 Å². The number of nitrogens with zero attached hydrogens (tertiary/aromatic N) is 2. The molecule has 0 aliphatic heterocycles. The molecule has 0 aliphatic rings. The summed E-state index contributed by atoms with van der Waals surface area (Å²) in [5.74, 6) is 0. The standard InChI is InChI=1S/C12H12BrN3/c13-10-3-1-9(2-4-10)5-11-6-12(7-14)16-8-15-11/h1-4,6,8H,5,7,14H2. The van der Waals surface area contributed by atoms with Crippen LogP contribution in [0.25, 0.3) is 0 Å². The fourth-order valence-corrected chi connectivity index (χ4v) is 1.73. The SMILES string of the molecule is NCc1cc(Cc2ccc(Br)cc2)ncn1. The van der Waals surface area contributed by atoms with Crippen LogP contribution < -0.4 is 5.73 Å². The highest BCUT2D eigenvalue weighted by Gasteiger charge is 1.99. The van der Waals surface area contributed by atoms with E-state index in [1.165, 1.54) is 5.56 Å². The Morgan fingerprint density at radius 3 is 2.44 bits per heavy atom. The second kappa shape index (κ2) is 5.18. The van der Waals surface area contributed by atoms with E-state index >= 15 is 0 Å². The zero-order valence-corrected chi connectivity index (χ0v) is 10.3. The smallest absolute Gasteiger partial charge is 0.115 e. The molecule has 0 aliphatic carbocycles. The van der Waals surface area contributed by atoms with Crippen LogP contribution >= 0.6 is 15.9 Å². The van der Waals surface area contributed by atoms with Crippen molar-refractivity contribution in [2.24, 2.45) is 5.73 Å². The number of nitrogens with two attached hydrogens (primary N) is 1. The summed E-state index contributed by atoms with van der Waals surface area (Å²) in [5.41, 5.74) is 8.64. The molecule has 16 heavy (non-hydrogen) atoms. The van der Waals surface area contributed by atoms with Crippen LogP contribution in [0.4, 0.5) is 0 Å². The Morgan fingerprint density at radius 2 is 1.75 bits per heavy atom. The molecule has 2 rings (SSSR count). The van der Waals surface area contributed by atoms with Gasteiger partial charge in [-0.05, 0) is 23.8 Å². The molecule has 0 spiro atoms. The molecule has 1 aromatic carbocycles. The van der Waals surface area contributed by atoms with Crippen molar-refractivity contribution in [2.75, 3.05) is 0 Å². The molecule has 2 N–H and O–H groups in total. The van der Waals surface area contributed by atoms with E-state index in [0.717, 1.165) is 22.3 Å². The third-order valence-electron chi connectivity index (χ3n) is 2.29. The summed E-state index contributed by atoms with van der Waals surface area (Å²) in [7, 11) is 0. The van der Waals surface area contributed by atoms with E-state index < -0.39 is 0 Å². The molecule has 0 bridgehead atoms. The van der Waals surface area contributed by atoms with Crippen molar-refractivity contribution >= 4 is 15.9 Å². The number of hydrogen-bond donors (Lipinski definition) is 1. The Hall–Kier alpha value is -1.26. The maximum absolute atomic E-state index is 5.54. The third kappa shape index (κ3) is 2.87. The number of halogens is 1. The average molecular weight is 278 g/mol. The minimum absolute atomic E-state index is 0.454. The lowest BCUT2D eigenvalue weighted by Gasteiger charge is -2.02. The second-order valence-corrected chi connectivity index (χ2v) is 4.42. The Labute approximate surface area is 103 Å². The first-order valence-electron chi connectivity index (χ1n) is 5.02. The van der Waals surface area contributed by atoms with Crippen LogP contribution in [0.1, 0.15) is 17.0 Å². The van der Waals surface area contributed by atoms with Gasteiger partial charge >= 0.3 is 0 Å². The zero-order valence-electron chi connectivity index (χ0n) is 8.73. The summed E-state index contributed by atoms with van der Waals surface area (Å²) in [4.78, 5) is 8.30. The highest BCUT2D eigenvalue weighted by atomic mass is 79.9. The van der Waals surface area contributed by atoms with Crippen molar-refractivity contribution in [3.8, 4) is 0 Å². The van der Waals surface area contributed by atoms with Crippen LogP contribution in [0.3, 0.4) is 0 Å². The van der Waals surface area contributed by atoms with Gasteiger partial charge in [0.15, 0.2) is 0 Å². The normalized spacial score (nSPS) is 10.4. The average Bonchev–Trinajstić information content (AvgIpc) is 2.32. The lowest BCUT2D eigenvalue weighted by Crippen LogP contribution is -2.02. The van der Waals surface area contributed by atoms with Crippen molar-refractivity contribution in [3.05, 3.63) is 58.1 Å². The van der Waals surface area contributed by atoms with Crippen molar-refractivity contribution in [3.63, 3.8) is 0 Å². The minimum Gasteiger partial charge on any atom is -0.325 e. The van der Waals surface area contributed by atoms with E-state index in [1.807, 2.05) is 18.2 Å². The van der Waals surface area contributed by atoms with Gasteiger partial charge in [0, 0.05) is 23.1 Å². The van der Waals surface area contributed by atoms with E-state index in [4.69, 9.17) is 5.73 Å². The molecule has 2 aromatic rings. The van der Waals surface area contributed by atoms with Crippen molar-refractivity contribution in [2.45, 2.75) is 13.0 Å². The highest BCUT2D eigenvalue weighted by molar-refractivity contribution is 9.10. The first kappa shape index (κ1) is 11.2. The van der Waals surface area contributed by atoms with Crippen LogP contribution in [0.2, 0.25) is 0 Å². The van der Waals surface area contributed by atoms with E-state index in [2.05, 4.69) is 38.0 Å². The predicted octanol–water partition coefficient (Wildman–Crippen LogP) is 2.29. The summed E-state index contributed by atoms with van der Waals surface area (Å²) < 4.78 is 1.08. The molecule has 0 saturated heterocycles. The van der Waals surface area contributed by atoms with E-state index in [0.29, 0.717) is 6.54 Å². The van der Waals surface area contributed by atoms with Crippen molar-refractivity contribution < 1.29 is 0 Å². The Morgan fingerprint density at radius 1 is 1.06 bits per heavy atom. The van der Waals surface area contributed by atoms with Crippen LogP contribution in [0.15, 0.2) is 41.1 Å². The molecule has 1 heterocycles. The summed E-state index contributed by atoms with van der Waals surface area (Å²) in [6, 6.07) is 10.2. The predicted molar refractivity (Wildman–Crippen MR) is 66.9 cm³/mol. The number of hydrogen-bond acceptors (Lipinski definition) is 3. The highest BCUT2D eigenvalue weighted by Crippen LogP contribution is 2.13. The number of rotatable bonds is 3. The maximum atomic E-state index is 5.54.